The molecule has 0 bridgehead atoms. The molecule has 1 unspecified atom stereocenters. The number of nitrogens with zero attached hydrogens (tertiary/aromatic N) is 1. The van der Waals surface area contributed by atoms with Gasteiger partial charge in [-0.2, -0.15) is 4.99 Å². The Morgan fingerprint density at radius 2 is 2.00 bits per heavy atom. The molecule has 5 nitrogen and oxygen atoms in total. The minimum absolute atomic E-state index is 0. The third-order valence-electron chi connectivity index (χ3n) is 1.77. The van der Waals surface area contributed by atoms with Crippen LogP contribution in [0.1, 0.15) is 5.56 Å². The molecule has 1 aromatic carbocycles. The smallest absolute Gasteiger partial charge is 0.329 e. The second kappa shape index (κ2) is 6.48. The standard InChI is InChI=1S/C10H9NO3.H2O/c12-7-11-9(10(13)14)6-8-4-2-1-3-5-8;/h1-5,9H,6H2,(H,13,14);1H2. The maximum Gasteiger partial charge on any atom is 0.329 e. The molecule has 0 aromatic heterocycles. The molecule has 0 aliphatic heterocycles. The third kappa shape index (κ3) is 4.17. The predicted octanol–water partition coefficient (Wildman–Crippen LogP) is 0.193. The van der Waals surface area contributed by atoms with E-state index in [1.807, 2.05) is 6.07 Å². The van der Waals surface area contributed by atoms with Gasteiger partial charge in [0.05, 0.1) is 0 Å². The van der Waals surface area contributed by atoms with Crippen LogP contribution >= 0.6 is 0 Å². The van der Waals surface area contributed by atoms with Gasteiger partial charge in [-0.15, -0.1) is 0 Å². The Morgan fingerprint density at radius 1 is 1.40 bits per heavy atom. The van der Waals surface area contributed by atoms with Crippen molar-refractivity contribution < 1.29 is 20.2 Å². The van der Waals surface area contributed by atoms with Gasteiger partial charge in [-0.3, -0.25) is 0 Å². The maximum absolute atomic E-state index is 10.6. The van der Waals surface area contributed by atoms with Crippen LogP contribution in [0.15, 0.2) is 35.3 Å². The summed E-state index contributed by atoms with van der Waals surface area (Å²) in [5, 5.41) is 8.69. The van der Waals surface area contributed by atoms with Crippen LogP contribution in [0.25, 0.3) is 0 Å². The van der Waals surface area contributed by atoms with Crippen LogP contribution < -0.4 is 0 Å². The Balaban J connectivity index is 0.00000196. The Morgan fingerprint density at radius 3 is 2.47 bits per heavy atom. The van der Waals surface area contributed by atoms with E-state index in [0.29, 0.717) is 0 Å². The first-order valence-electron chi connectivity index (χ1n) is 4.07. The molecule has 3 N–H and O–H groups in total. The van der Waals surface area contributed by atoms with E-state index in [9.17, 15) is 9.59 Å². The van der Waals surface area contributed by atoms with Crippen LogP contribution in [0.4, 0.5) is 0 Å². The fraction of sp³-hybridized carbons (Fsp3) is 0.200. The molecule has 0 amide bonds. The number of benzene rings is 1. The Labute approximate surface area is 86.4 Å². The largest absolute Gasteiger partial charge is 0.480 e. The Hall–Kier alpha value is -1.97. The summed E-state index contributed by atoms with van der Waals surface area (Å²) in [4.78, 5) is 23.8. The van der Waals surface area contributed by atoms with Gasteiger partial charge in [0.15, 0.2) is 6.04 Å². The molecular formula is C10H11NO4. The molecule has 5 heteroatoms. The zero-order chi connectivity index (χ0) is 10.4. The summed E-state index contributed by atoms with van der Waals surface area (Å²) in [6.07, 6.45) is 1.48. The molecule has 0 saturated carbocycles. The molecule has 1 rings (SSSR count). The molecule has 0 fully saturated rings. The number of rotatable bonds is 4. The van der Waals surface area contributed by atoms with Crippen molar-refractivity contribution in [3.8, 4) is 0 Å². The van der Waals surface area contributed by atoms with E-state index >= 15 is 0 Å². The van der Waals surface area contributed by atoms with Crippen LogP contribution in [0.5, 0.6) is 0 Å². The number of aliphatic imine (C=N–C) groups is 1. The van der Waals surface area contributed by atoms with Crippen LogP contribution in [0.2, 0.25) is 0 Å². The molecule has 80 valence electrons. The SMILES string of the molecule is O.O=C=NC(Cc1ccccc1)C(=O)O. The maximum atomic E-state index is 10.6. The van der Waals surface area contributed by atoms with Gasteiger partial charge in [-0.25, -0.2) is 9.59 Å². The van der Waals surface area contributed by atoms with Gasteiger partial charge in [-0.1, -0.05) is 30.3 Å². The zero-order valence-corrected chi connectivity index (χ0v) is 7.88. The fourth-order valence-electron chi connectivity index (χ4n) is 1.09. The van der Waals surface area contributed by atoms with Gasteiger partial charge in [-0.05, 0) is 5.56 Å². The monoisotopic (exact) mass is 209 g/mol. The molecule has 0 aliphatic rings. The van der Waals surface area contributed by atoms with Crippen LogP contribution in [-0.4, -0.2) is 28.7 Å². The molecule has 0 aliphatic carbocycles. The molecule has 0 radical (unpaired) electrons. The first-order chi connectivity index (χ1) is 6.74. The normalized spacial score (nSPS) is 10.7. The van der Waals surface area contributed by atoms with Gasteiger partial charge in [0.1, 0.15) is 0 Å². The summed E-state index contributed by atoms with van der Waals surface area (Å²) in [7, 11) is 0. The zero-order valence-electron chi connectivity index (χ0n) is 7.88. The van der Waals surface area contributed by atoms with E-state index in [4.69, 9.17) is 5.11 Å². The number of carbonyl (C=O) groups is 1. The highest BCUT2D eigenvalue weighted by Crippen LogP contribution is 2.05. The molecule has 0 spiro atoms. The van der Waals surface area contributed by atoms with Gasteiger partial charge in [0.25, 0.3) is 0 Å². The summed E-state index contributed by atoms with van der Waals surface area (Å²) >= 11 is 0. The number of carbonyl (C=O) groups excluding carboxylic acids is 1. The summed E-state index contributed by atoms with van der Waals surface area (Å²) < 4.78 is 0. The predicted molar refractivity (Wildman–Crippen MR) is 53.3 cm³/mol. The first kappa shape index (κ1) is 13.0. The Bertz CT molecular complexity index is 355. The van der Waals surface area contributed by atoms with E-state index in [0.717, 1.165) is 5.56 Å². The molecule has 0 heterocycles. The molecule has 15 heavy (non-hydrogen) atoms. The number of hydrogen-bond donors (Lipinski definition) is 1. The van der Waals surface area contributed by atoms with E-state index < -0.39 is 12.0 Å². The molecule has 1 aromatic rings. The van der Waals surface area contributed by atoms with E-state index in [1.54, 1.807) is 24.3 Å². The summed E-state index contributed by atoms with van der Waals surface area (Å²) in [6.45, 7) is 0. The lowest BCUT2D eigenvalue weighted by Gasteiger charge is -2.04. The van der Waals surface area contributed by atoms with Gasteiger partial charge < -0.3 is 10.6 Å². The van der Waals surface area contributed by atoms with E-state index in [-0.39, 0.29) is 11.9 Å². The van der Waals surface area contributed by atoms with Crippen molar-refractivity contribution >= 4 is 12.0 Å². The second-order valence-electron chi connectivity index (χ2n) is 2.76. The van der Waals surface area contributed by atoms with E-state index in [2.05, 4.69) is 4.99 Å². The number of carboxylic acid groups (broad SMARTS) is 1. The summed E-state index contributed by atoms with van der Waals surface area (Å²) in [5.74, 6) is -1.11. The van der Waals surface area contributed by atoms with Gasteiger partial charge in [0.2, 0.25) is 6.08 Å². The van der Waals surface area contributed by atoms with Crippen molar-refractivity contribution in [2.75, 3.05) is 0 Å². The lowest BCUT2D eigenvalue weighted by atomic mass is 10.1. The second-order valence-corrected chi connectivity index (χ2v) is 2.76. The third-order valence-corrected chi connectivity index (χ3v) is 1.77. The molecule has 1 atom stereocenters. The minimum atomic E-state index is -1.11. The van der Waals surface area contributed by atoms with Crippen LogP contribution in [0.3, 0.4) is 0 Å². The summed E-state index contributed by atoms with van der Waals surface area (Å²) in [6, 6.07) is 7.99. The van der Waals surface area contributed by atoms with Crippen LogP contribution in [0, 0.1) is 0 Å². The van der Waals surface area contributed by atoms with Crippen molar-refractivity contribution in [2.45, 2.75) is 12.5 Å². The topological polar surface area (TPSA) is 98.2 Å². The van der Waals surface area contributed by atoms with Crippen molar-refractivity contribution in [2.24, 2.45) is 4.99 Å². The molecular weight excluding hydrogens is 198 g/mol. The average molecular weight is 209 g/mol. The fourth-order valence-corrected chi connectivity index (χ4v) is 1.09. The van der Waals surface area contributed by atoms with Crippen molar-refractivity contribution in [1.82, 2.24) is 0 Å². The number of carboxylic acids is 1. The first-order valence-corrected chi connectivity index (χ1v) is 4.07. The highest BCUT2D eigenvalue weighted by Gasteiger charge is 2.16. The minimum Gasteiger partial charge on any atom is -0.480 e. The number of hydrogen-bond acceptors (Lipinski definition) is 3. The quantitative estimate of drug-likeness (QED) is 0.566. The van der Waals surface area contributed by atoms with Crippen LogP contribution in [-0.2, 0) is 16.0 Å². The lowest BCUT2D eigenvalue weighted by Crippen LogP contribution is -2.20. The van der Waals surface area contributed by atoms with Crippen molar-refractivity contribution in [3.05, 3.63) is 35.9 Å². The Kier molecular flexibility index (Phi) is 5.63. The molecule has 0 saturated heterocycles. The highest BCUT2D eigenvalue weighted by molar-refractivity contribution is 5.75. The van der Waals surface area contributed by atoms with Gasteiger partial charge in [0, 0.05) is 6.42 Å². The average Bonchev–Trinajstić information content (AvgIpc) is 2.18. The van der Waals surface area contributed by atoms with Crippen molar-refractivity contribution in [1.29, 1.82) is 0 Å². The highest BCUT2D eigenvalue weighted by atomic mass is 16.4. The van der Waals surface area contributed by atoms with E-state index in [1.165, 1.54) is 6.08 Å². The number of aliphatic carboxylic acids is 1. The lowest BCUT2D eigenvalue weighted by molar-refractivity contribution is -0.138. The number of isocyanates is 1. The van der Waals surface area contributed by atoms with Gasteiger partial charge >= 0.3 is 5.97 Å². The summed E-state index contributed by atoms with van der Waals surface area (Å²) in [5.41, 5.74) is 0.832. The van der Waals surface area contributed by atoms with Crippen molar-refractivity contribution in [3.63, 3.8) is 0 Å².